The number of carboxylic acid groups (broad SMARTS) is 1. The van der Waals surface area contributed by atoms with E-state index in [4.69, 9.17) is 5.11 Å². The van der Waals surface area contributed by atoms with Gasteiger partial charge in [-0.15, -0.1) is 0 Å². The first-order chi connectivity index (χ1) is 12.0. The van der Waals surface area contributed by atoms with Crippen LogP contribution in [0.2, 0.25) is 0 Å². The number of anilines is 2. The Hall–Kier alpha value is -3.41. The Morgan fingerprint density at radius 3 is 2.48 bits per heavy atom. The third kappa shape index (κ3) is 5.31. The van der Waals surface area contributed by atoms with Crippen LogP contribution in [0.25, 0.3) is 0 Å². The molecule has 0 bridgehead atoms. The van der Waals surface area contributed by atoms with Crippen molar-refractivity contribution in [1.82, 2.24) is 0 Å². The zero-order valence-corrected chi connectivity index (χ0v) is 13.7. The van der Waals surface area contributed by atoms with Gasteiger partial charge in [-0.25, -0.2) is 4.79 Å². The highest BCUT2D eigenvalue weighted by atomic mass is 16.4. The summed E-state index contributed by atoms with van der Waals surface area (Å²) in [4.78, 5) is 34.4. The zero-order chi connectivity index (χ0) is 18.2. The molecule has 0 aliphatic rings. The molecule has 6 heteroatoms. The van der Waals surface area contributed by atoms with Crippen molar-refractivity contribution in [2.24, 2.45) is 0 Å². The quantitative estimate of drug-likeness (QED) is 0.705. The Bertz CT molecular complexity index is 828. The van der Waals surface area contributed by atoms with Crippen LogP contribution in [0.4, 0.5) is 11.4 Å². The van der Waals surface area contributed by atoms with Crippen LogP contribution in [0.3, 0.4) is 0 Å². The first kappa shape index (κ1) is 17.9. The van der Waals surface area contributed by atoms with Gasteiger partial charge in [-0.1, -0.05) is 31.2 Å². The Balaban J connectivity index is 2.11. The van der Waals surface area contributed by atoms with E-state index in [0.29, 0.717) is 11.3 Å². The molecule has 2 amide bonds. The van der Waals surface area contributed by atoms with E-state index in [9.17, 15) is 14.4 Å². The fourth-order valence-corrected chi connectivity index (χ4v) is 2.21. The molecule has 0 aliphatic carbocycles. The van der Waals surface area contributed by atoms with Crippen molar-refractivity contribution < 1.29 is 19.5 Å². The van der Waals surface area contributed by atoms with Crippen molar-refractivity contribution in [1.29, 1.82) is 0 Å². The number of rotatable bonds is 6. The maximum Gasteiger partial charge on any atom is 0.328 e. The van der Waals surface area contributed by atoms with Crippen LogP contribution >= 0.6 is 0 Å². The van der Waals surface area contributed by atoms with Crippen LogP contribution < -0.4 is 10.6 Å². The lowest BCUT2D eigenvalue weighted by molar-refractivity contribution is -0.131. The molecular weight excluding hydrogens is 320 g/mol. The molecule has 0 saturated heterocycles. The average Bonchev–Trinajstić information content (AvgIpc) is 2.60. The molecule has 0 aliphatic heterocycles. The van der Waals surface area contributed by atoms with Gasteiger partial charge in [0.25, 0.3) is 5.91 Å². The van der Waals surface area contributed by atoms with Crippen LogP contribution in [-0.2, 0) is 16.0 Å². The first-order valence-corrected chi connectivity index (χ1v) is 7.71. The van der Waals surface area contributed by atoms with Gasteiger partial charge in [0, 0.05) is 29.1 Å². The molecule has 3 N–H and O–H groups in total. The standard InChI is InChI=1S/C19H18N2O4/c1-2-13-6-3-4-9-16(13)21-19(25)14-7-5-8-15(12-14)20-17(22)10-11-18(23)24/h3-12H,2H2,1H3,(H,20,22)(H,21,25)(H,23,24)/b11-10-. The van der Waals surface area contributed by atoms with Crippen LogP contribution in [-0.4, -0.2) is 22.9 Å². The summed E-state index contributed by atoms with van der Waals surface area (Å²) in [5, 5.41) is 13.9. The van der Waals surface area contributed by atoms with E-state index in [2.05, 4.69) is 10.6 Å². The number of aryl methyl sites for hydroxylation is 1. The van der Waals surface area contributed by atoms with Gasteiger partial charge in [-0.2, -0.15) is 0 Å². The minimum absolute atomic E-state index is 0.293. The molecule has 0 saturated carbocycles. The number of amides is 2. The van der Waals surface area contributed by atoms with Gasteiger partial charge >= 0.3 is 5.97 Å². The largest absolute Gasteiger partial charge is 0.478 e. The van der Waals surface area contributed by atoms with Gasteiger partial charge in [0.2, 0.25) is 5.91 Å². The van der Waals surface area contributed by atoms with E-state index in [1.54, 1.807) is 18.2 Å². The highest BCUT2D eigenvalue weighted by Crippen LogP contribution is 2.18. The molecule has 2 aromatic carbocycles. The van der Waals surface area contributed by atoms with Crippen LogP contribution in [0.5, 0.6) is 0 Å². The molecule has 0 radical (unpaired) electrons. The Kier molecular flexibility index (Phi) is 6.06. The fourth-order valence-electron chi connectivity index (χ4n) is 2.21. The molecule has 0 aromatic heterocycles. The van der Waals surface area contributed by atoms with E-state index < -0.39 is 11.9 Å². The molecule has 25 heavy (non-hydrogen) atoms. The predicted octanol–water partition coefficient (Wildman–Crippen LogP) is 3.08. The van der Waals surface area contributed by atoms with Crippen molar-refractivity contribution in [3.05, 3.63) is 71.8 Å². The minimum atomic E-state index is -1.21. The van der Waals surface area contributed by atoms with E-state index in [1.165, 1.54) is 6.07 Å². The zero-order valence-electron chi connectivity index (χ0n) is 13.7. The molecule has 128 valence electrons. The number of benzene rings is 2. The number of carbonyl (C=O) groups is 3. The SMILES string of the molecule is CCc1ccccc1NC(=O)c1cccc(NC(=O)/C=C\C(=O)O)c1. The topological polar surface area (TPSA) is 95.5 Å². The van der Waals surface area contributed by atoms with Gasteiger partial charge in [-0.05, 0) is 36.2 Å². The van der Waals surface area contributed by atoms with Gasteiger partial charge in [0.05, 0.1) is 0 Å². The maximum absolute atomic E-state index is 12.4. The third-order valence-electron chi connectivity index (χ3n) is 3.42. The molecular formula is C19H18N2O4. The lowest BCUT2D eigenvalue weighted by Crippen LogP contribution is -2.14. The number of hydrogen-bond donors (Lipinski definition) is 3. The number of hydrogen-bond acceptors (Lipinski definition) is 3. The second-order valence-corrected chi connectivity index (χ2v) is 5.21. The summed E-state index contributed by atoms with van der Waals surface area (Å²) in [6.07, 6.45) is 2.45. The van der Waals surface area contributed by atoms with Crippen molar-refractivity contribution in [3.8, 4) is 0 Å². The maximum atomic E-state index is 12.4. The van der Waals surface area contributed by atoms with Crippen molar-refractivity contribution >= 4 is 29.2 Å². The number of aliphatic carboxylic acids is 1. The van der Waals surface area contributed by atoms with Crippen LogP contribution in [0, 0.1) is 0 Å². The number of para-hydroxylation sites is 1. The normalized spacial score (nSPS) is 10.4. The van der Waals surface area contributed by atoms with Crippen molar-refractivity contribution in [3.63, 3.8) is 0 Å². The molecule has 0 spiro atoms. The van der Waals surface area contributed by atoms with E-state index in [0.717, 1.165) is 29.8 Å². The molecule has 2 aromatic rings. The third-order valence-corrected chi connectivity index (χ3v) is 3.42. The van der Waals surface area contributed by atoms with Crippen LogP contribution in [0.15, 0.2) is 60.7 Å². The Morgan fingerprint density at radius 1 is 1.00 bits per heavy atom. The number of carboxylic acids is 1. The Morgan fingerprint density at radius 2 is 1.76 bits per heavy atom. The number of carbonyl (C=O) groups excluding carboxylic acids is 2. The van der Waals surface area contributed by atoms with E-state index >= 15 is 0 Å². The van der Waals surface area contributed by atoms with Gasteiger partial charge in [0.15, 0.2) is 0 Å². The lowest BCUT2D eigenvalue weighted by Gasteiger charge is -2.10. The molecule has 0 atom stereocenters. The van der Waals surface area contributed by atoms with Crippen LogP contribution in [0.1, 0.15) is 22.8 Å². The van der Waals surface area contributed by atoms with Crippen molar-refractivity contribution in [2.75, 3.05) is 10.6 Å². The first-order valence-electron chi connectivity index (χ1n) is 7.71. The predicted molar refractivity (Wildman–Crippen MR) is 95.6 cm³/mol. The van der Waals surface area contributed by atoms with Gasteiger partial charge in [-0.3, -0.25) is 9.59 Å². The summed E-state index contributed by atoms with van der Waals surface area (Å²) in [7, 11) is 0. The van der Waals surface area contributed by atoms with Gasteiger partial charge < -0.3 is 15.7 Å². The van der Waals surface area contributed by atoms with Crippen molar-refractivity contribution in [2.45, 2.75) is 13.3 Å². The smallest absolute Gasteiger partial charge is 0.328 e. The number of nitrogens with one attached hydrogen (secondary N) is 2. The Labute approximate surface area is 145 Å². The summed E-state index contributed by atoms with van der Waals surface area (Å²) >= 11 is 0. The summed E-state index contributed by atoms with van der Waals surface area (Å²) in [5.74, 6) is -2.09. The summed E-state index contributed by atoms with van der Waals surface area (Å²) in [6, 6.07) is 13.9. The second-order valence-electron chi connectivity index (χ2n) is 5.21. The van der Waals surface area contributed by atoms with E-state index in [1.807, 2.05) is 31.2 Å². The molecule has 0 heterocycles. The molecule has 0 fully saturated rings. The molecule has 0 unspecified atom stereocenters. The monoisotopic (exact) mass is 338 g/mol. The molecule has 6 nitrogen and oxygen atoms in total. The van der Waals surface area contributed by atoms with E-state index in [-0.39, 0.29) is 5.91 Å². The second kappa shape index (κ2) is 8.44. The molecule has 2 rings (SSSR count). The highest BCUT2D eigenvalue weighted by molar-refractivity contribution is 6.06. The summed E-state index contributed by atoms with van der Waals surface area (Å²) < 4.78 is 0. The summed E-state index contributed by atoms with van der Waals surface area (Å²) in [5.41, 5.74) is 2.55. The highest BCUT2D eigenvalue weighted by Gasteiger charge is 2.09. The van der Waals surface area contributed by atoms with Gasteiger partial charge in [0.1, 0.15) is 0 Å². The minimum Gasteiger partial charge on any atom is -0.478 e. The summed E-state index contributed by atoms with van der Waals surface area (Å²) in [6.45, 7) is 2.01. The average molecular weight is 338 g/mol. The lowest BCUT2D eigenvalue weighted by atomic mass is 10.1. The fraction of sp³-hybridized carbons (Fsp3) is 0.105.